The Morgan fingerprint density at radius 3 is 2.59 bits per heavy atom. The van der Waals surface area contributed by atoms with Gasteiger partial charge in [-0.15, -0.1) is 0 Å². The van der Waals surface area contributed by atoms with Crippen LogP contribution in [0.15, 0.2) is 24.4 Å². The third-order valence-electron chi connectivity index (χ3n) is 4.04. The number of ether oxygens (including phenoxy) is 2. The Hall–Kier alpha value is -1.99. The highest BCUT2D eigenvalue weighted by atomic mass is 35.5. The largest absolute Gasteiger partial charge is 0.490 e. The van der Waals surface area contributed by atoms with Gasteiger partial charge in [-0.05, 0) is 50.2 Å². The van der Waals surface area contributed by atoms with Crippen molar-refractivity contribution in [1.82, 2.24) is 20.0 Å². The van der Waals surface area contributed by atoms with Crippen LogP contribution in [0.25, 0.3) is 0 Å². The summed E-state index contributed by atoms with van der Waals surface area (Å²) in [6.07, 6.45) is 2.47. The summed E-state index contributed by atoms with van der Waals surface area (Å²) < 4.78 is 13.0. The Balaban J connectivity index is 1.87. The van der Waals surface area contributed by atoms with Crippen molar-refractivity contribution in [3.05, 3.63) is 40.7 Å². The lowest BCUT2D eigenvalue weighted by molar-refractivity contribution is 0.287. The van der Waals surface area contributed by atoms with Crippen molar-refractivity contribution in [3.63, 3.8) is 0 Å². The molecule has 0 atom stereocenters. The van der Waals surface area contributed by atoms with E-state index >= 15 is 0 Å². The number of hydrogen-bond acceptors (Lipinski definition) is 4. The quantitative estimate of drug-likeness (QED) is 0.639. The third kappa shape index (κ3) is 6.01. The van der Waals surface area contributed by atoms with Crippen LogP contribution in [0.4, 0.5) is 0 Å². The first-order chi connectivity index (χ1) is 13.0. The van der Waals surface area contributed by atoms with E-state index < -0.39 is 0 Å². The summed E-state index contributed by atoms with van der Waals surface area (Å²) in [6, 6.07) is 6.04. The summed E-state index contributed by atoms with van der Waals surface area (Å²) in [5, 5.41) is 8.75. The maximum Gasteiger partial charge on any atom is 0.169 e. The molecule has 0 fully saturated rings. The number of nitrogens with one attached hydrogen (secondary N) is 1. The maximum atomic E-state index is 6.16. The molecule has 2 rings (SSSR count). The highest BCUT2D eigenvalue weighted by Gasteiger charge is 2.12. The van der Waals surface area contributed by atoms with Crippen molar-refractivity contribution in [1.29, 1.82) is 0 Å². The molecule has 0 amide bonds. The molecule has 148 valence electrons. The molecule has 8 heteroatoms. The van der Waals surface area contributed by atoms with Gasteiger partial charge in [0.25, 0.3) is 0 Å². The van der Waals surface area contributed by atoms with Crippen molar-refractivity contribution in [3.8, 4) is 11.5 Å². The fraction of sp³-hybridized carbons (Fsp3) is 0.474. The Kier molecular flexibility index (Phi) is 8.19. The minimum atomic E-state index is 0.596. The van der Waals surface area contributed by atoms with Gasteiger partial charge in [0.2, 0.25) is 0 Å². The Morgan fingerprint density at radius 1 is 1.26 bits per heavy atom. The van der Waals surface area contributed by atoms with Gasteiger partial charge in [0.15, 0.2) is 16.6 Å². The topological polar surface area (TPSA) is 51.5 Å². The molecular formula is C19H27ClN4O2S. The van der Waals surface area contributed by atoms with Gasteiger partial charge in [0, 0.05) is 20.6 Å². The SMILES string of the molecule is CCOc1ccc(CCNC(=S)N(C)Cc2c(Cl)cnn2C)cc1OCC. The first kappa shape index (κ1) is 21.3. The fourth-order valence-electron chi connectivity index (χ4n) is 2.61. The van der Waals surface area contributed by atoms with Crippen molar-refractivity contribution in [2.24, 2.45) is 7.05 Å². The van der Waals surface area contributed by atoms with E-state index in [1.54, 1.807) is 10.9 Å². The van der Waals surface area contributed by atoms with Gasteiger partial charge in [-0.1, -0.05) is 17.7 Å². The lowest BCUT2D eigenvalue weighted by Gasteiger charge is -2.21. The molecule has 1 aromatic heterocycles. The van der Waals surface area contributed by atoms with Crippen LogP contribution in [-0.4, -0.2) is 46.6 Å². The molecule has 0 aliphatic heterocycles. The predicted octanol–water partition coefficient (Wildman–Crippen LogP) is 3.42. The molecule has 1 aromatic carbocycles. The zero-order chi connectivity index (χ0) is 19.8. The minimum absolute atomic E-state index is 0.596. The van der Waals surface area contributed by atoms with E-state index in [4.69, 9.17) is 33.3 Å². The van der Waals surface area contributed by atoms with Gasteiger partial charge >= 0.3 is 0 Å². The van der Waals surface area contributed by atoms with Crippen LogP contribution in [-0.2, 0) is 20.0 Å². The van der Waals surface area contributed by atoms with E-state index in [-0.39, 0.29) is 0 Å². The van der Waals surface area contributed by atoms with E-state index in [9.17, 15) is 0 Å². The van der Waals surface area contributed by atoms with E-state index in [0.29, 0.717) is 29.9 Å². The Morgan fingerprint density at radius 2 is 1.96 bits per heavy atom. The highest BCUT2D eigenvalue weighted by Crippen LogP contribution is 2.28. The summed E-state index contributed by atoms with van der Waals surface area (Å²) >= 11 is 11.6. The molecule has 0 bridgehead atoms. The third-order valence-corrected chi connectivity index (χ3v) is 4.81. The molecule has 0 saturated carbocycles. The summed E-state index contributed by atoms with van der Waals surface area (Å²) in [4.78, 5) is 1.95. The number of hydrogen-bond donors (Lipinski definition) is 1. The summed E-state index contributed by atoms with van der Waals surface area (Å²) in [5.41, 5.74) is 2.09. The van der Waals surface area contributed by atoms with Crippen molar-refractivity contribution < 1.29 is 9.47 Å². The van der Waals surface area contributed by atoms with E-state index in [0.717, 1.165) is 35.7 Å². The van der Waals surface area contributed by atoms with Crippen molar-refractivity contribution in [2.75, 3.05) is 26.8 Å². The molecule has 0 spiro atoms. The standard InChI is InChI=1S/C19H27ClN4O2S/c1-5-25-17-8-7-14(11-18(17)26-6-2)9-10-21-19(27)23(3)13-16-15(20)12-22-24(16)4/h7-8,11-12H,5-6,9-10,13H2,1-4H3,(H,21,27). The molecular weight excluding hydrogens is 384 g/mol. The molecule has 1 N–H and O–H groups in total. The van der Waals surface area contributed by atoms with Gasteiger partial charge in [-0.3, -0.25) is 4.68 Å². The first-order valence-electron chi connectivity index (χ1n) is 9.00. The number of halogens is 1. The molecule has 6 nitrogen and oxygen atoms in total. The lowest BCUT2D eigenvalue weighted by Crippen LogP contribution is -2.38. The average Bonchev–Trinajstić information content (AvgIpc) is 2.96. The van der Waals surface area contributed by atoms with E-state index in [1.165, 1.54) is 0 Å². The second-order valence-corrected chi connectivity index (χ2v) is 6.84. The molecule has 27 heavy (non-hydrogen) atoms. The van der Waals surface area contributed by atoms with Crippen LogP contribution < -0.4 is 14.8 Å². The second-order valence-electron chi connectivity index (χ2n) is 6.05. The Bertz CT molecular complexity index is 747. The van der Waals surface area contributed by atoms with Gasteiger partial charge in [-0.2, -0.15) is 5.10 Å². The van der Waals surface area contributed by atoms with Gasteiger partial charge < -0.3 is 19.7 Å². The zero-order valence-electron chi connectivity index (χ0n) is 16.3. The predicted molar refractivity (Wildman–Crippen MR) is 113 cm³/mol. The number of nitrogens with zero attached hydrogens (tertiary/aromatic N) is 3. The number of thiocarbonyl (C=S) groups is 1. The van der Waals surface area contributed by atoms with Gasteiger partial charge in [-0.25, -0.2) is 0 Å². The molecule has 0 saturated heterocycles. The Labute approximate surface area is 171 Å². The fourth-order valence-corrected chi connectivity index (χ4v) is 3.00. The van der Waals surface area contributed by atoms with Crippen LogP contribution in [0.1, 0.15) is 25.1 Å². The van der Waals surface area contributed by atoms with E-state index in [2.05, 4.69) is 16.5 Å². The first-order valence-corrected chi connectivity index (χ1v) is 9.78. The van der Waals surface area contributed by atoms with E-state index in [1.807, 2.05) is 45.0 Å². The molecule has 0 aliphatic carbocycles. The van der Waals surface area contributed by atoms with Crippen LogP contribution in [0, 0.1) is 0 Å². The molecule has 1 heterocycles. The smallest absolute Gasteiger partial charge is 0.169 e. The number of rotatable bonds is 9. The van der Waals surface area contributed by atoms with Gasteiger partial charge in [0.1, 0.15) is 0 Å². The van der Waals surface area contributed by atoms with Crippen molar-refractivity contribution in [2.45, 2.75) is 26.8 Å². The molecule has 0 radical (unpaired) electrons. The van der Waals surface area contributed by atoms with Gasteiger partial charge in [0.05, 0.1) is 36.7 Å². The minimum Gasteiger partial charge on any atom is -0.490 e. The van der Waals surface area contributed by atoms with Crippen LogP contribution in [0.5, 0.6) is 11.5 Å². The summed E-state index contributed by atoms with van der Waals surface area (Å²) in [7, 11) is 3.80. The normalized spacial score (nSPS) is 10.6. The van der Waals surface area contributed by atoms with Crippen LogP contribution in [0.2, 0.25) is 5.02 Å². The molecule has 0 unspecified atom stereocenters. The number of benzene rings is 1. The summed E-state index contributed by atoms with van der Waals surface area (Å²) in [5.74, 6) is 1.56. The molecule has 0 aliphatic rings. The van der Waals surface area contributed by atoms with Crippen LogP contribution in [0.3, 0.4) is 0 Å². The second kappa shape index (κ2) is 10.4. The monoisotopic (exact) mass is 410 g/mol. The maximum absolute atomic E-state index is 6.16. The van der Waals surface area contributed by atoms with Crippen molar-refractivity contribution >= 4 is 28.9 Å². The summed E-state index contributed by atoms with van der Waals surface area (Å²) in [6.45, 7) is 6.46. The molecule has 2 aromatic rings. The number of aromatic nitrogens is 2. The van der Waals surface area contributed by atoms with Crippen LogP contribution >= 0.6 is 23.8 Å². The highest BCUT2D eigenvalue weighted by molar-refractivity contribution is 7.80. The lowest BCUT2D eigenvalue weighted by atomic mass is 10.1. The average molecular weight is 411 g/mol. The number of aryl methyl sites for hydroxylation is 1. The zero-order valence-corrected chi connectivity index (χ0v) is 17.9.